The number of aryl methyl sites for hydroxylation is 2. The number of aromatic nitrogens is 1. The topological polar surface area (TPSA) is 62.3 Å². The molecule has 5 heteroatoms. The molecule has 122 valence electrons. The number of hydrogen-bond acceptors (Lipinski definition) is 2. The van der Waals surface area contributed by atoms with Gasteiger partial charge >= 0.3 is 5.97 Å². The first kappa shape index (κ1) is 14.8. The molecule has 4 nitrogen and oxygen atoms in total. The zero-order valence-electron chi connectivity index (χ0n) is 12.9. The Bertz CT molecular complexity index is 945. The van der Waals surface area contributed by atoms with Crippen molar-refractivity contribution in [1.82, 2.24) is 4.98 Å². The molecule has 0 amide bonds. The van der Waals surface area contributed by atoms with E-state index in [0.717, 1.165) is 52.5 Å². The molecule has 3 aromatic rings. The average molecular weight is 325 g/mol. The lowest BCUT2D eigenvalue weighted by Crippen LogP contribution is -2.09. The highest BCUT2D eigenvalue weighted by atomic mass is 19.1. The van der Waals surface area contributed by atoms with Gasteiger partial charge in [-0.1, -0.05) is 0 Å². The molecular formula is C19H16FNO3. The van der Waals surface area contributed by atoms with E-state index >= 15 is 0 Å². The molecule has 0 fully saturated rings. The van der Waals surface area contributed by atoms with E-state index in [2.05, 4.69) is 4.98 Å². The van der Waals surface area contributed by atoms with Gasteiger partial charge in [0.15, 0.2) is 6.61 Å². The number of nitrogens with one attached hydrogen (secondary N) is 1. The third kappa shape index (κ3) is 2.52. The van der Waals surface area contributed by atoms with E-state index in [1.54, 1.807) is 18.2 Å². The summed E-state index contributed by atoms with van der Waals surface area (Å²) in [4.78, 5) is 14.1. The third-order valence-electron chi connectivity index (χ3n) is 4.45. The number of carbonyl (C=O) groups is 1. The monoisotopic (exact) mass is 325 g/mol. The lowest BCUT2D eigenvalue weighted by molar-refractivity contribution is -0.139. The molecule has 0 saturated heterocycles. The molecule has 0 atom stereocenters. The molecule has 2 aromatic carbocycles. The van der Waals surface area contributed by atoms with Crippen molar-refractivity contribution in [3.63, 3.8) is 0 Å². The summed E-state index contributed by atoms with van der Waals surface area (Å²) in [5.41, 5.74) is 5.28. The largest absolute Gasteiger partial charge is 0.482 e. The molecule has 0 aliphatic heterocycles. The average Bonchev–Trinajstić information content (AvgIpc) is 2.80. The number of rotatable bonds is 3. The number of H-pyrrole nitrogens is 1. The van der Waals surface area contributed by atoms with Crippen LogP contribution in [0.1, 0.15) is 17.5 Å². The molecule has 0 bridgehead atoms. The minimum absolute atomic E-state index is 0.230. The highest BCUT2D eigenvalue weighted by Gasteiger charge is 2.20. The van der Waals surface area contributed by atoms with Gasteiger partial charge in [-0.15, -0.1) is 0 Å². The Hall–Kier alpha value is -2.82. The van der Waals surface area contributed by atoms with Gasteiger partial charge in [-0.3, -0.25) is 0 Å². The van der Waals surface area contributed by atoms with E-state index < -0.39 is 5.97 Å². The van der Waals surface area contributed by atoms with Gasteiger partial charge in [0.2, 0.25) is 0 Å². The number of ether oxygens (including phenoxy) is 1. The highest BCUT2D eigenvalue weighted by molar-refractivity contribution is 5.91. The first-order chi connectivity index (χ1) is 11.6. The first-order valence-electron chi connectivity index (χ1n) is 7.90. The maximum absolute atomic E-state index is 13.6. The molecule has 1 aliphatic rings. The first-order valence-corrected chi connectivity index (χ1v) is 7.90. The van der Waals surface area contributed by atoms with Crippen LogP contribution in [0.25, 0.3) is 22.2 Å². The van der Waals surface area contributed by atoms with Crippen LogP contribution in [0.3, 0.4) is 0 Å². The smallest absolute Gasteiger partial charge is 0.341 e. The normalized spacial score (nSPS) is 13.2. The van der Waals surface area contributed by atoms with Crippen LogP contribution in [-0.4, -0.2) is 22.7 Å². The van der Waals surface area contributed by atoms with Crippen LogP contribution in [0, 0.1) is 5.82 Å². The van der Waals surface area contributed by atoms with Crippen LogP contribution < -0.4 is 4.74 Å². The quantitative estimate of drug-likeness (QED) is 0.767. The van der Waals surface area contributed by atoms with Gasteiger partial charge < -0.3 is 14.8 Å². The summed E-state index contributed by atoms with van der Waals surface area (Å²) in [6.07, 6.45) is 2.70. The lowest BCUT2D eigenvalue weighted by atomic mass is 10.0. The second kappa shape index (κ2) is 5.67. The second-order valence-corrected chi connectivity index (χ2v) is 6.02. The number of hydrogen-bond donors (Lipinski definition) is 2. The van der Waals surface area contributed by atoms with Crippen molar-refractivity contribution in [2.45, 2.75) is 19.3 Å². The molecule has 1 aliphatic carbocycles. The van der Waals surface area contributed by atoms with E-state index in [9.17, 15) is 9.18 Å². The van der Waals surface area contributed by atoms with E-state index in [1.807, 2.05) is 12.1 Å². The van der Waals surface area contributed by atoms with Crippen LogP contribution in [0.4, 0.5) is 4.39 Å². The molecular weight excluding hydrogens is 309 g/mol. The zero-order valence-corrected chi connectivity index (χ0v) is 12.9. The maximum Gasteiger partial charge on any atom is 0.341 e. The van der Waals surface area contributed by atoms with Crippen molar-refractivity contribution in [2.24, 2.45) is 0 Å². The summed E-state index contributed by atoms with van der Waals surface area (Å²) >= 11 is 0. The van der Waals surface area contributed by atoms with Gasteiger partial charge in [0.05, 0.1) is 0 Å². The minimum atomic E-state index is -0.995. The number of carboxylic acids is 1. The summed E-state index contributed by atoms with van der Waals surface area (Å²) in [5, 5.41) is 9.67. The van der Waals surface area contributed by atoms with Gasteiger partial charge in [0, 0.05) is 22.2 Å². The van der Waals surface area contributed by atoms with Crippen LogP contribution in [0.15, 0.2) is 36.4 Å². The third-order valence-corrected chi connectivity index (χ3v) is 4.45. The molecule has 2 N–H and O–H groups in total. The molecule has 0 saturated carbocycles. The summed E-state index contributed by atoms with van der Waals surface area (Å²) in [6.45, 7) is -0.351. The van der Waals surface area contributed by atoms with E-state index in [0.29, 0.717) is 5.75 Å². The van der Waals surface area contributed by atoms with Gasteiger partial charge in [0.1, 0.15) is 11.6 Å². The van der Waals surface area contributed by atoms with Crippen LogP contribution in [0.5, 0.6) is 5.75 Å². The predicted octanol–water partition coefficient (Wildman–Crippen LogP) is 3.93. The standard InChI is InChI=1S/C19H16FNO3/c20-12-4-7-17-16(9-12)15-3-1-2-11-8-13(24-10-18(22)23)5-6-14(11)19(15)21-17/h4-9,21H,1-3,10H2,(H,22,23). The highest BCUT2D eigenvalue weighted by Crippen LogP contribution is 2.38. The SMILES string of the molecule is O=C(O)COc1ccc2c(c1)CCCc1c-2[nH]c2ccc(F)cc12. The van der Waals surface area contributed by atoms with Gasteiger partial charge in [-0.25, -0.2) is 9.18 Å². The van der Waals surface area contributed by atoms with Gasteiger partial charge in [-0.05, 0) is 66.8 Å². The number of aromatic amines is 1. The molecule has 24 heavy (non-hydrogen) atoms. The van der Waals surface area contributed by atoms with E-state index in [-0.39, 0.29) is 12.4 Å². The number of aliphatic carboxylic acids is 1. The van der Waals surface area contributed by atoms with Crippen LogP contribution in [0.2, 0.25) is 0 Å². The maximum atomic E-state index is 13.6. The van der Waals surface area contributed by atoms with Crippen molar-refractivity contribution < 1.29 is 19.0 Å². The van der Waals surface area contributed by atoms with Crippen molar-refractivity contribution in [3.05, 3.63) is 53.3 Å². The number of carboxylic acid groups (broad SMARTS) is 1. The predicted molar refractivity (Wildman–Crippen MR) is 88.8 cm³/mol. The van der Waals surface area contributed by atoms with Crippen molar-refractivity contribution in [2.75, 3.05) is 6.61 Å². The van der Waals surface area contributed by atoms with Gasteiger partial charge in [0.25, 0.3) is 0 Å². The lowest BCUT2D eigenvalue weighted by Gasteiger charge is -2.09. The summed E-state index contributed by atoms with van der Waals surface area (Å²) in [5.74, 6) is -0.669. The van der Waals surface area contributed by atoms with Crippen LogP contribution >= 0.6 is 0 Å². The Morgan fingerprint density at radius 2 is 2.08 bits per heavy atom. The molecule has 0 spiro atoms. The fourth-order valence-electron chi connectivity index (χ4n) is 3.42. The Morgan fingerprint density at radius 1 is 1.21 bits per heavy atom. The summed E-state index contributed by atoms with van der Waals surface area (Å²) in [6, 6.07) is 10.4. The Kier molecular flexibility index (Phi) is 3.49. The Balaban J connectivity index is 1.81. The molecule has 1 aromatic heterocycles. The van der Waals surface area contributed by atoms with E-state index in [1.165, 1.54) is 6.07 Å². The molecule has 4 rings (SSSR count). The van der Waals surface area contributed by atoms with Crippen LogP contribution in [-0.2, 0) is 17.6 Å². The minimum Gasteiger partial charge on any atom is -0.482 e. The number of fused-ring (bicyclic) bond motifs is 5. The Labute approximate surface area is 137 Å². The fraction of sp³-hybridized carbons (Fsp3) is 0.211. The van der Waals surface area contributed by atoms with Crippen molar-refractivity contribution in [1.29, 1.82) is 0 Å². The number of halogens is 1. The van der Waals surface area contributed by atoms with Crippen molar-refractivity contribution in [3.8, 4) is 17.0 Å². The zero-order chi connectivity index (χ0) is 16.7. The molecule has 0 radical (unpaired) electrons. The molecule has 0 unspecified atom stereocenters. The fourth-order valence-corrected chi connectivity index (χ4v) is 3.42. The van der Waals surface area contributed by atoms with Crippen molar-refractivity contribution >= 4 is 16.9 Å². The summed E-state index contributed by atoms with van der Waals surface area (Å²) in [7, 11) is 0. The van der Waals surface area contributed by atoms with Gasteiger partial charge in [-0.2, -0.15) is 0 Å². The second-order valence-electron chi connectivity index (χ2n) is 6.02. The summed E-state index contributed by atoms with van der Waals surface area (Å²) < 4.78 is 18.9. The number of benzene rings is 2. The molecule has 1 heterocycles. The van der Waals surface area contributed by atoms with E-state index in [4.69, 9.17) is 9.84 Å². The Morgan fingerprint density at radius 3 is 2.92 bits per heavy atom.